The van der Waals surface area contributed by atoms with Gasteiger partial charge in [-0.25, -0.2) is 0 Å². The molecule has 2 aromatic rings. The number of aromatic hydroxyl groups is 1. The van der Waals surface area contributed by atoms with Crippen molar-refractivity contribution in [1.82, 2.24) is 4.90 Å². The van der Waals surface area contributed by atoms with E-state index in [2.05, 4.69) is 24.0 Å². The Morgan fingerprint density at radius 1 is 1.00 bits per heavy atom. The van der Waals surface area contributed by atoms with Crippen LogP contribution in [0, 0.1) is 0 Å². The van der Waals surface area contributed by atoms with Gasteiger partial charge in [0, 0.05) is 0 Å². The summed E-state index contributed by atoms with van der Waals surface area (Å²) in [5.41, 5.74) is 3.49. The van der Waals surface area contributed by atoms with Crippen LogP contribution in [-0.4, -0.2) is 74.0 Å². The Bertz CT molecular complexity index is 944. The number of hydrogen-bond donors (Lipinski definition) is 3. The number of ether oxygens (including phenoxy) is 1. The molecule has 0 unspecified atom stereocenters. The number of hydrogen-bond acceptors (Lipinski definition) is 5. The van der Waals surface area contributed by atoms with Gasteiger partial charge in [0.15, 0.2) is 0 Å². The molecule has 0 saturated carbocycles. The first kappa shape index (κ1) is 22.3. The zero-order chi connectivity index (χ0) is 21.8. The molecule has 4 rings (SSSR count). The van der Waals surface area contributed by atoms with Crippen molar-refractivity contribution >= 4 is 24.8 Å². The van der Waals surface area contributed by atoms with E-state index in [9.17, 15) is 15.3 Å². The van der Waals surface area contributed by atoms with Crippen LogP contribution in [0.3, 0.4) is 0 Å². The number of allylic oxidation sites excluding steroid dienone is 2. The van der Waals surface area contributed by atoms with Crippen LogP contribution in [0.15, 0.2) is 63.7 Å². The summed E-state index contributed by atoms with van der Waals surface area (Å²) in [6.45, 7) is 5.46. The van der Waals surface area contributed by atoms with Crippen molar-refractivity contribution in [2.45, 2.75) is 30.0 Å². The molecule has 5 nitrogen and oxygen atoms in total. The summed E-state index contributed by atoms with van der Waals surface area (Å²) in [6, 6.07) is 15.6. The summed E-state index contributed by atoms with van der Waals surface area (Å²) >= 11 is -2.57. The number of rotatable bonds is 7. The number of phenols is 1. The topological polar surface area (TPSA) is 73.2 Å². The second kappa shape index (κ2) is 10.2. The van der Waals surface area contributed by atoms with Crippen LogP contribution < -0.4 is 4.74 Å². The molecule has 2 aliphatic heterocycles. The van der Waals surface area contributed by atoms with E-state index in [1.165, 1.54) is 8.89 Å². The Morgan fingerprint density at radius 3 is 2.35 bits per heavy atom. The third-order valence-electron chi connectivity index (χ3n) is 6.27. The zero-order valence-corrected chi connectivity index (χ0v) is 21.3. The van der Waals surface area contributed by atoms with Gasteiger partial charge in [-0.05, 0) is 0 Å². The van der Waals surface area contributed by atoms with Crippen LogP contribution in [0.4, 0.5) is 0 Å². The summed E-state index contributed by atoms with van der Waals surface area (Å²) in [7, 11) is 0. The molecular weight excluding hydrogens is 493 g/mol. The Kier molecular flexibility index (Phi) is 7.31. The molecule has 0 aliphatic carbocycles. The van der Waals surface area contributed by atoms with Crippen LogP contribution in [0.25, 0.3) is 3.33 Å². The van der Waals surface area contributed by atoms with E-state index in [1.54, 1.807) is 12.1 Å². The fourth-order valence-electron chi connectivity index (χ4n) is 4.49. The maximum absolute atomic E-state index is 10.6. The van der Waals surface area contributed by atoms with E-state index < -0.39 is 21.4 Å². The molecule has 162 valence electrons. The molecule has 0 atom stereocenters. The minimum atomic E-state index is -2.57. The standard InChI is InChI=1S/C14H20NO2.C11H10O2.In/c1-12-2-4-14(5-3-12)17-11-10-15-8-6-13(16)7-9-15;1-9(6-7-12)8-10-2-4-11(13)5-3-10;/h2-5,13,16H,1,6-11H2;2-6,12-13H,1H3;. The molecule has 2 aliphatic rings. The molecule has 2 heterocycles. The van der Waals surface area contributed by atoms with Crippen molar-refractivity contribution in [2.24, 2.45) is 0 Å². The molecule has 0 spiro atoms. The molecule has 6 heteroatoms. The molecule has 0 amide bonds. The molecule has 0 aromatic heterocycles. The zero-order valence-electron chi connectivity index (χ0n) is 18.0. The van der Waals surface area contributed by atoms with Crippen LogP contribution in [0.5, 0.6) is 11.5 Å². The minimum absolute atomic E-state index is 0.141. The van der Waals surface area contributed by atoms with Crippen LogP contribution in [0.1, 0.15) is 30.9 Å². The predicted molar refractivity (Wildman–Crippen MR) is 124 cm³/mol. The van der Waals surface area contributed by atoms with Gasteiger partial charge in [-0.15, -0.1) is 0 Å². The van der Waals surface area contributed by atoms with E-state index >= 15 is 0 Å². The predicted octanol–water partition coefficient (Wildman–Crippen LogP) is 3.81. The second-order valence-electron chi connectivity index (χ2n) is 8.53. The average molecular weight is 523 g/mol. The third kappa shape index (κ3) is 5.68. The van der Waals surface area contributed by atoms with Crippen molar-refractivity contribution in [3.05, 3.63) is 74.8 Å². The first-order chi connectivity index (χ1) is 15.0. The van der Waals surface area contributed by atoms with Gasteiger partial charge in [-0.1, -0.05) is 0 Å². The van der Waals surface area contributed by atoms with E-state index in [1.807, 2.05) is 30.3 Å². The first-order valence-electron chi connectivity index (χ1n) is 11.0. The third-order valence-corrected chi connectivity index (χ3v) is 15.5. The Hall–Kier alpha value is -1.89. The first-order valence-corrected chi connectivity index (χ1v) is 16.6. The molecule has 0 radical (unpaired) electrons. The van der Waals surface area contributed by atoms with Gasteiger partial charge in [-0.3, -0.25) is 0 Å². The number of benzene rings is 2. The summed E-state index contributed by atoms with van der Waals surface area (Å²) in [5.74, 6) is 1.13. The number of likely N-dealkylation sites (tertiary alicyclic amines) is 1. The number of aliphatic hydroxyl groups excluding tert-OH is 2. The van der Waals surface area contributed by atoms with E-state index in [0.717, 1.165) is 53.5 Å². The molecule has 1 fully saturated rings. The maximum atomic E-state index is 10.6. The monoisotopic (exact) mass is 523 g/mol. The number of piperidine rings is 1. The normalized spacial score (nSPS) is 17.9. The average Bonchev–Trinajstić information content (AvgIpc) is 3.04. The summed E-state index contributed by atoms with van der Waals surface area (Å²) < 4.78 is 8.73. The molecule has 1 saturated heterocycles. The fourth-order valence-corrected chi connectivity index (χ4v) is 13.4. The van der Waals surface area contributed by atoms with Gasteiger partial charge in [0.2, 0.25) is 0 Å². The Labute approximate surface area is 191 Å². The van der Waals surface area contributed by atoms with Crippen molar-refractivity contribution in [3.63, 3.8) is 0 Å². The number of nitrogens with zero attached hydrogens (tertiary/aromatic N) is 1. The summed E-state index contributed by atoms with van der Waals surface area (Å²) in [5, 5.41) is 29.8. The molecule has 31 heavy (non-hydrogen) atoms. The van der Waals surface area contributed by atoms with Gasteiger partial charge in [0.1, 0.15) is 0 Å². The van der Waals surface area contributed by atoms with Crippen LogP contribution >= 0.6 is 0 Å². The van der Waals surface area contributed by atoms with Crippen LogP contribution in [-0.2, 0) is 4.18 Å². The second-order valence-corrected chi connectivity index (χ2v) is 16.2. The van der Waals surface area contributed by atoms with Gasteiger partial charge in [-0.2, -0.15) is 0 Å². The summed E-state index contributed by atoms with van der Waals surface area (Å²) in [6.07, 6.45) is 3.49. The Morgan fingerprint density at radius 2 is 1.68 bits per heavy atom. The SMILES string of the molecule is CC1=[C](c2ccc(O)cc2)[In]([CH2]c2ccc(OCCN3CCC(O)CC3)cc2)[C](O)=C1. The number of aliphatic hydroxyl groups is 2. The van der Waals surface area contributed by atoms with Gasteiger partial charge in [0.25, 0.3) is 0 Å². The van der Waals surface area contributed by atoms with Crippen molar-refractivity contribution in [2.75, 3.05) is 26.2 Å². The molecular formula is C25H30InNO4. The van der Waals surface area contributed by atoms with E-state index in [0.29, 0.717) is 10.1 Å². The van der Waals surface area contributed by atoms with Crippen molar-refractivity contribution in [3.8, 4) is 11.5 Å². The fraction of sp³-hybridized carbons (Fsp3) is 0.360. The van der Waals surface area contributed by atoms with E-state index in [-0.39, 0.29) is 11.9 Å². The van der Waals surface area contributed by atoms with Crippen molar-refractivity contribution in [1.29, 1.82) is 0 Å². The molecule has 0 bridgehead atoms. The molecule has 2 aromatic carbocycles. The van der Waals surface area contributed by atoms with E-state index in [4.69, 9.17) is 4.74 Å². The molecule has 3 N–H and O–H groups in total. The number of phenolic OH excluding ortho intramolecular Hbond substituents is 1. The van der Waals surface area contributed by atoms with Gasteiger partial charge < -0.3 is 5.11 Å². The van der Waals surface area contributed by atoms with Gasteiger partial charge >= 0.3 is 187 Å². The summed E-state index contributed by atoms with van der Waals surface area (Å²) in [4.78, 5) is 2.34. The van der Waals surface area contributed by atoms with Gasteiger partial charge in [0.05, 0.1) is 0 Å². The van der Waals surface area contributed by atoms with Crippen molar-refractivity contribution < 1.29 is 20.1 Å². The van der Waals surface area contributed by atoms with Crippen LogP contribution in [0.2, 0.25) is 0 Å². The quantitative estimate of drug-likeness (QED) is 0.515. The Balaban J connectivity index is 1.34.